The van der Waals surface area contributed by atoms with Crippen LogP contribution in [0.3, 0.4) is 0 Å². The third-order valence-electron chi connectivity index (χ3n) is 4.14. The second kappa shape index (κ2) is 8.50. The van der Waals surface area contributed by atoms with Crippen molar-refractivity contribution >= 4 is 40.6 Å². The number of urea groups is 1. The Kier molecular flexibility index (Phi) is 5.59. The fourth-order valence-corrected chi connectivity index (χ4v) is 3.25. The van der Waals surface area contributed by atoms with E-state index in [4.69, 9.17) is 33.2 Å². The number of carbonyl (C=O) groups is 1. The molecular weight excluding hydrogens is 457 g/mol. The van der Waals surface area contributed by atoms with E-state index in [1.165, 1.54) is 30.5 Å². The first-order valence-electron chi connectivity index (χ1n) is 8.84. The minimum atomic E-state index is -0.639. The molecule has 0 unspecified atom stereocenters. The van der Waals surface area contributed by atoms with Gasteiger partial charge < -0.3 is 10.1 Å². The van der Waals surface area contributed by atoms with Crippen molar-refractivity contribution in [3.63, 3.8) is 0 Å². The molecule has 0 aliphatic carbocycles. The number of nitrogens with zero attached hydrogens (tertiary/aromatic N) is 6. The zero-order valence-electron chi connectivity index (χ0n) is 16.0. The van der Waals surface area contributed by atoms with Gasteiger partial charge in [-0.2, -0.15) is 20.1 Å². The summed E-state index contributed by atoms with van der Waals surface area (Å²) in [7, 11) is 0. The summed E-state index contributed by atoms with van der Waals surface area (Å²) in [6.45, 7) is 3.56. The molecule has 2 amide bonds. The molecule has 1 aliphatic rings. The summed E-state index contributed by atoms with van der Waals surface area (Å²) >= 11 is 12.7. The summed E-state index contributed by atoms with van der Waals surface area (Å²) in [6, 6.07) is 9.92. The van der Waals surface area contributed by atoms with Crippen molar-refractivity contribution in [2.75, 3.05) is 5.01 Å². The molecule has 4 rings (SSSR count). The Morgan fingerprint density at radius 1 is 1.12 bits per heavy atom. The van der Waals surface area contributed by atoms with Crippen LogP contribution in [-0.2, 0) is 0 Å². The van der Waals surface area contributed by atoms with E-state index in [1.54, 1.807) is 18.3 Å². The van der Waals surface area contributed by atoms with Crippen LogP contribution in [-0.4, -0.2) is 26.5 Å². The highest BCUT2D eigenvalue weighted by Gasteiger charge is 2.26. The molecule has 0 atom stereocenters. The Hall–Kier alpha value is -4.20. The third kappa shape index (κ3) is 4.02. The maximum absolute atomic E-state index is 12.2. The maximum Gasteiger partial charge on any atom is 0.347 e. The number of aromatic nitrogens is 3. The topological polar surface area (TPSA) is 126 Å². The molecule has 0 saturated heterocycles. The lowest BCUT2D eigenvalue weighted by Crippen LogP contribution is -2.42. The van der Waals surface area contributed by atoms with E-state index in [0.29, 0.717) is 5.69 Å². The van der Waals surface area contributed by atoms with Crippen LogP contribution in [0.1, 0.15) is 0 Å². The monoisotopic (exact) mass is 467 g/mol. The zero-order valence-corrected chi connectivity index (χ0v) is 17.5. The second-order valence-corrected chi connectivity index (χ2v) is 7.07. The standard InChI is InChI=1S/C20H11Cl2N7O3/c1-11-16(9-23)26-29(20(31)25-11)13-7-14(21)19(15(22)8-13)32-17-4-5-18(30)28(27-17)12-3-2-6-24-10-12/h2-8,10H,1H2,(H,25,31). The molecule has 3 heterocycles. The minimum absolute atomic E-state index is 0.0411. The van der Waals surface area contributed by atoms with Crippen LogP contribution in [0.5, 0.6) is 11.6 Å². The Morgan fingerprint density at radius 2 is 1.88 bits per heavy atom. The van der Waals surface area contributed by atoms with Gasteiger partial charge >= 0.3 is 6.03 Å². The third-order valence-corrected chi connectivity index (χ3v) is 4.70. The number of benzene rings is 1. The van der Waals surface area contributed by atoms with Crippen LogP contribution in [0, 0.1) is 11.3 Å². The fraction of sp³-hybridized carbons (Fsp3) is 0. The predicted octanol–water partition coefficient (Wildman–Crippen LogP) is 3.65. The van der Waals surface area contributed by atoms with Gasteiger partial charge in [-0.15, -0.1) is 5.10 Å². The quantitative estimate of drug-likeness (QED) is 0.623. The van der Waals surface area contributed by atoms with Crippen molar-refractivity contribution in [1.82, 2.24) is 20.1 Å². The van der Waals surface area contributed by atoms with Gasteiger partial charge in [0.05, 0.1) is 33.3 Å². The zero-order chi connectivity index (χ0) is 22.8. The molecule has 2 aromatic heterocycles. The second-order valence-electron chi connectivity index (χ2n) is 6.25. The van der Waals surface area contributed by atoms with Crippen LogP contribution >= 0.6 is 23.2 Å². The molecule has 10 nitrogen and oxygen atoms in total. The van der Waals surface area contributed by atoms with Crippen molar-refractivity contribution in [3.05, 3.63) is 81.5 Å². The lowest BCUT2D eigenvalue weighted by atomic mass is 10.2. The molecule has 0 spiro atoms. The Labute approximate surface area is 190 Å². The van der Waals surface area contributed by atoms with E-state index in [-0.39, 0.29) is 44.3 Å². The van der Waals surface area contributed by atoms with Crippen LogP contribution < -0.4 is 20.6 Å². The Morgan fingerprint density at radius 3 is 2.53 bits per heavy atom. The maximum atomic E-state index is 12.2. The number of hydrazone groups is 1. The number of carbonyl (C=O) groups excluding carboxylic acids is 1. The largest absolute Gasteiger partial charge is 0.434 e. The van der Waals surface area contributed by atoms with Gasteiger partial charge in [0, 0.05) is 18.3 Å². The summed E-state index contributed by atoms with van der Waals surface area (Å²) in [5.74, 6) is 0.0917. The van der Waals surface area contributed by atoms with Crippen LogP contribution in [0.25, 0.3) is 5.69 Å². The molecule has 0 saturated carbocycles. The van der Waals surface area contributed by atoms with Crippen molar-refractivity contribution in [2.45, 2.75) is 0 Å². The number of ether oxygens (including phenoxy) is 1. The van der Waals surface area contributed by atoms with Crippen LogP contribution in [0.2, 0.25) is 10.0 Å². The van der Waals surface area contributed by atoms with Crippen molar-refractivity contribution in [2.24, 2.45) is 5.10 Å². The first-order chi connectivity index (χ1) is 15.4. The number of nitriles is 1. The average molecular weight is 468 g/mol. The first-order valence-corrected chi connectivity index (χ1v) is 9.59. The minimum Gasteiger partial charge on any atom is -0.434 e. The lowest BCUT2D eigenvalue weighted by Gasteiger charge is -2.24. The van der Waals surface area contributed by atoms with Crippen molar-refractivity contribution in [1.29, 1.82) is 5.26 Å². The molecule has 32 heavy (non-hydrogen) atoms. The fourth-order valence-electron chi connectivity index (χ4n) is 2.70. The van der Waals surface area contributed by atoms with E-state index >= 15 is 0 Å². The number of hydrogen-bond donors (Lipinski definition) is 1. The van der Waals surface area contributed by atoms with Crippen molar-refractivity contribution in [3.8, 4) is 23.4 Å². The number of pyridine rings is 1. The number of nitrogens with one attached hydrogen (secondary N) is 1. The number of halogens is 2. The van der Waals surface area contributed by atoms with Gasteiger partial charge in [-0.3, -0.25) is 9.78 Å². The van der Waals surface area contributed by atoms with Gasteiger partial charge in [-0.1, -0.05) is 29.8 Å². The van der Waals surface area contributed by atoms with E-state index < -0.39 is 6.03 Å². The van der Waals surface area contributed by atoms with E-state index in [9.17, 15) is 9.59 Å². The van der Waals surface area contributed by atoms with Crippen molar-refractivity contribution < 1.29 is 9.53 Å². The molecule has 0 bridgehead atoms. The molecular formula is C20H11Cl2N7O3. The van der Waals surface area contributed by atoms with Gasteiger partial charge in [0.2, 0.25) is 5.88 Å². The van der Waals surface area contributed by atoms with Crippen LogP contribution in [0.15, 0.2) is 71.0 Å². The lowest BCUT2D eigenvalue weighted by molar-refractivity contribution is 0.248. The highest BCUT2D eigenvalue weighted by atomic mass is 35.5. The smallest absolute Gasteiger partial charge is 0.347 e. The molecule has 1 N–H and O–H groups in total. The molecule has 158 valence electrons. The van der Waals surface area contributed by atoms with Gasteiger partial charge in [0.15, 0.2) is 11.5 Å². The Bertz CT molecular complexity index is 1360. The van der Waals surface area contributed by atoms with Crippen LogP contribution in [0.4, 0.5) is 10.5 Å². The molecule has 0 radical (unpaired) electrons. The van der Waals surface area contributed by atoms with E-state index in [0.717, 1.165) is 9.69 Å². The summed E-state index contributed by atoms with van der Waals surface area (Å²) in [5, 5.41) is 20.7. The predicted molar refractivity (Wildman–Crippen MR) is 117 cm³/mol. The highest BCUT2D eigenvalue weighted by molar-refractivity contribution is 6.37. The molecule has 3 aromatic rings. The van der Waals surface area contributed by atoms with E-state index in [2.05, 4.69) is 27.1 Å². The van der Waals surface area contributed by atoms with Gasteiger partial charge in [0.1, 0.15) is 6.07 Å². The highest BCUT2D eigenvalue weighted by Crippen LogP contribution is 2.39. The number of hydrogen-bond acceptors (Lipinski definition) is 7. The molecule has 12 heteroatoms. The summed E-state index contributed by atoms with van der Waals surface area (Å²) in [4.78, 5) is 28.4. The Balaban J connectivity index is 1.68. The van der Waals surface area contributed by atoms with Gasteiger partial charge in [0.25, 0.3) is 5.56 Å². The summed E-state index contributed by atoms with van der Waals surface area (Å²) < 4.78 is 6.82. The van der Waals surface area contributed by atoms with Gasteiger partial charge in [-0.05, 0) is 24.3 Å². The summed E-state index contributed by atoms with van der Waals surface area (Å²) in [5.41, 5.74) is 0.263. The molecule has 0 fully saturated rings. The number of amides is 2. The average Bonchev–Trinajstić information content (AvgIpc) is 2.78. The summed E-state index contributed by atoms with van der Waals surface area (Å²) in [6.07, 6.45) is 3.04. The first kappa shape index (κ1) is 21.0. The number of anilines is 1. The van der Waals surface area contributed by atoms with Gasteiger partial charge in [-0.25, -0.2) is 4.79 Å². The molecule has 1 aliphatic heterocycles. The number of allylic oxidation sites excluding steroid dienone is 1. The van der Waals surface area contributed by atoms with E-state index in [1.807, 2.05) is 6.07 Å². The SMILES string of the molecule is C=C1NC(=O)N(c2cc(Cl)c(Oc3ccc(=O)n(-c4cccnc4)n3)c(Cl)c2)N=C1C#N. The normalized spacial score (nSPS) is 13.3. The molecule has 1 aromatic carbocycles. The number of rotatable bonds is 4.